The van der Waals surface area contributed by atoms with E-state index in [1.165, 1.54) is 4.90 Å². The van der Waals surface area contributed by atoms with Gasteiger partial charge in [-0.3, -0.25) is 14.5 Å². The molecule has 8 heteroatoms. The molecule has 0 aliphatic carbocycles. The van der Waals surface area contributed by atoms with Crippen molar-refractivity contribution in [1.82, 2.24) is 4.90 Å². The Bertz CT molecular complexity index is 950. The van der Waals surface area contributed by atoms with E-state index in [0.29, 0.717) is 17.3 Å². The summed E-state index contributed by atoms with van der Waals surface area (Å²) in [4.78, 5) is 26.7. The number of carbonyl (C=O) groups excluding carboxylic acids is 2. The van der Waals surface area contributed by atoms with E-state index in [-0.39, 0.29) is 17.7 Å². The lowest BCUT2D eigenvalue weighted by molar-refractivity contribution is -0.123. The zero-order valence-electron chi connectivity index (χ0n) is 14.5. The Morgan fingerprint density at radius 1 is 1.07 bits per heavy atom. The van der Waals surface area contributed by atoms with Gasteiger partial charge in [0.2, 0.25) is 0 Å². The van der Waals surface area contributed by atoms with Gasteiger partial charge in [-0.2, -0.15) is 0 Å². The predicted molar refractivity (Wildman–Crippen MR) is 123 cm³/mol. The van der Waals surface area contributed by atoms with Gasteiger partial charge in [-0.05, 0) is 85.1 Å². The summed E-state index contributed by atoms with van der Waals surface area (Å²) in [6.07, 6.45) is 3.37. The van der Waals surface area contributed by atoms with Crippen molar-refractivity contribution >= 4 is 76.8 Å². The van der Waals surface area contributed by atoms with E-state index in [9.17, 15) is 9.59 Å². The molecule has 2 aromatic rings. The molecule has 144 valence electrons. The smallest absolute Gasteiger partial charge is 0.293 e. The van der Waals surface area contributed by atoms with Gasteiger partial charge >= 0.3 is 0 Å². The quantitative estimate of drug-likeness (QED) is 0.276. The average molecular weight is 588 g/mol. The van der Waals surface area contributed by atoms with Crippen molar-refractivity contribution in [2.45, 2.75) is 6.54 Å². The van der Waals surface area contributed by atoms with Crippen molar-refractivity contribution in [2.24, 2.45) is 0 Å². The second-order valence-corrected chi connectivity index (χ2v) is 9.43. The lowest BCUT2D eigenvalue weighted by Gasteiger charge is -2.12. The molecule has 3 rings (SSSR count). The van der Waals surface area contributed by atoms with Crippen molar-refractivity contribution in [1.29, 1.82) is 0 Å². The fourth-order valence-corrected chi connectivity index (χ4v) is 5.06. The molecule has 1 aliphatic rings. The monoisotopic (exact) mass is 585 g/mol. The van der Waals surface area contributed by atoms with E-state index in [1.807, 2.05) is 36.4 Å². The summed E-state index contributed by atoms with van der Waals surface area (Å²) in [5.41, 5.74) is 1.67. The predicted octanol–water partition coefficient (Wildman–Crippen LogP) is 6.78. The van der Waals surface area contributed by atoms with Crippen LogP contribution in [0.4, 0.5) is 4.79 Å². The SMILES string of the molecule is C=CCOc1c(Br)cc(/C=C2\SC(=O)N(Cc3ccc(Br)cc3)C2=O)cc1Br. The van der Waals surface area contributed by atoms with Crippen LogP contribution in [0.15, 0.2) is 67.4 Å². The Morgan fingerprint density at radius 3 is 2.32 bits per heavy atom. The molecular weight excluding hydrogens is 574 g/mol. The van der Waals surface area contributed by atoms with Crippen molar-refractivity contribution in [2.75, 3.05) is 6.61 Å². The summed E-state index contributed by atoms with van der Waals surface area (Å²) in [5.74, 6) is 0.359. The van der Waals surface area contributed by atoms with Crippen LogP contribution in [0.2, 0.25) is 0 Å². The molecule has 0 unspecified atom stereocenters. The van der Waals surface area contributed by atoms with Gasteiger partial charge in [0, 0.05) is 4.47 Å². The second kappa shape index (κ2) is 9.43. The molecule has 2 aromatic carbocycles. The lowest BCUT2D eigenvalue weighted by Crippen LogP contribution is -2.27. The van der Waals surface area contributed by atoms with Gasteiger partial charge in [-0.25, -0.2) is 0 Å². The first kappa shape index (κ1) is 21.4. The number of hydrogen-bond donors (Lipinski definition) is 0. The van der Waals surface area contributed by atoms with E-state index in [4.69, 9.17) is 4.74 Å². The Kier molecular flexibility index (Phi) is 7.20. The molecule has 1 heterocycles. The highest BCUT2D eigenvalue weighted by Crippen LogP contribution is 2.38. The summed E-state index contributed by atoms with van der Waals surface area (Å²) in [7, 11) is 0. The number of hydrogen-bond acceptors (Lipinski definition) is 4. The largest absolute Gasteiger partial charge is 0.487 e. The summed E-state index contributed by atoms with van der Waals surface area (Å²) < 4.78 is 8.03. The number of imide groups is 1. The highest BCUT2D eigenvalue weighted by Gasteiger charge is 2.35. The van der Waals surface area contributed by atoms with Crippen LogP contribution in [0.3, 0.4) is 0 Å². The number of thioether (sulfide) groups is 1. The van der Waals surface area contributed by atoms with E-state index in [0.717, 1.165) is 36.3 Å². The van der Waals surface area contributed by atoms with Gasteiger partial charge in [0.05, 0.1) is 20.4 Å². The molecule has 1 saturated heterocycles. The molecule has 0 radical (unpaired) electrons. The molecule has 4 nitrogen and oxygen atoms in total. The minimum atomic E-state index is -0.294. The first-order chi connectivity index (χ1) is 13.4. The van der Waals surface area contributed by atoms with Gasteiger partial charge < -0.3 is 4.74 Å². The first-order valence-corrected chi connectivity index (χ1v) is 11.3. The number of ether oxygens (including phenoxy) is 1. The second-order valence-electron chi connectivity index (χ2n) is 5.81. The van der Waals surface area contributed by atoms with E-state index >= 15 is 0 Å². The van der Waals surface area contributed by atoms with Crippen LogP contribution in [0.25, 0.3) is 6.08 Å². The fourth-order valence-electron chi connectivity index (χ4n) is 2.50. The molecule has 28 heavy (non-hydrogen) atoms. The minimum absolute atomic E-state index is 0.247. The molecule has 1 fully saturated rings. The lowest BCUT2D eigenvalue weighted by atomic mass is 10.2. The summed E-state index contributed by atoms with van der Waals surface area (Å²) >= 11 is 11.3. The third kappa shape index (κ3) is 4.97. The van der Waals surface area contributed by atoms with Crippen LogP contribution in [-0.4, -0.2) is 22.7 Å². The van der Waals surface area contributed by atoms with Gasteiger partial charge in [0.1, 0.15) is 12.4 Å². The van der Waals surface area contributed by atoms with Crippen LogP contribution < -0.4 is 4.74 Å². The first-order valence-electron chi connectivity index (χ1n) is 8.11. The summed E-state index contributed by atoms with van der Waals surface area (Å²) in [6, 6.07) is 11.2. The van der Waals surface area contributed by atoms with Gasteiger partial charge in [0.15, 0.2) is 0 Å². The zero-order valence-corrected chi connectivity index (χ0v) is 20.0. The Hall–Kier alpha value is -1.35. The maximum atomic E-state index is 12.7. The zero-order chi connectivity index (χ0) is 20.3. The Balaban J connectivity index is 1.81. The molecule has 0 aromatic heterocycles. The highest BCUT2D eigenvalue weighted by molar-refractivity contribution is 9.11. The number of benzene rings is 2. The van der Waals surface area contributed by atoms with Gasteiger partial charge in [-0.15, -0.1) is 0 Å². The standard InChI is InChI=1S/C20H14Br3NO3S/c1-2-7-27-18-15(22)8-13(9-16(18)23)10-17-19(25)24(20(26)28-17)11-12-3-5-14(21)6-4-12/h2-6,8-10H,1,7,11H2/b17-10-. The van der Waals surface area contributed by atoms with E-state index in [1.54, 1.807) is 12.2 Å². The summed E-state index contributed by atoms with van der Waals surface area (Å²) in [6.45, 7) is 4.26. The van der Waals surface area contributed by atoms with Gasteiger partial charge in [0.25, 0.3) is 11.1 Å². The molecule has 1 aliphatic heterocycles. The fraction of sp³-hybridized carbons (Fsp3) is 0.100. The maximum Gasteiger partial charge on any atom is 0.293 e. The van der Waals surface area contributed by atoms with E-state index in [2.05, 4.69) is 54.4 Å². The molecule has 0 bridgehead atoms. The Labute approximate surface area is 192 Å². The molecular formula is C20H14Br3NO3S. The van der Waals surface area contributed by atoms with Crippen LogP contribution in [0.1, 0.15) is 11.1 Å². The van der Waals surface area contributed by atoms with Crippen molar-refractivity contribution in [3.8, 4) is 5.75 Å². The average Bonchev–Trinajstić information content (AvgIpc) is 2.90. The molecule has 0 spiro atoms. The number of rotatable bonds is 6. The molecule has 0 N–H and O–H groups in total. The molecule has 0 saturated carbocycles. The van der Waals surface area contributed by atoms with Crippen LogP contribution in [0.5, 0.6) is 5.75 Å². The molecule has 0 atom stereocenters. The van der Waals surface area contributed by atoms with Gasteiger partial charge in [-0.1, -0.05) is 40.7 Å². The van der Waals surface area contributed by atoms with Crippen LogP contribution in [-0.2, 0) is 11.3 Å². The van der Waals surface area contributed by atoms with Crippen molar-refractivity contribution in [3.63, 3.8) is 0 Å². The highest BCUT2D eigenvalue weighted by atomic mass is 79.9. The number of nitrogens with zero attached hydrogens (tertiary/aromatic N) is 1. The Morgan fingerprint density at radius 2 is 1.71 bits per heavy atom. The maximum absolute atomic E-state index is 12.7. The molecule has 2 amide bonds. The van der Waals surface area contributed by atoms with Crippen LogP contribution in [0, 0.1) is 0 Å². The third-order valence-electron chi connectivity index (χ3n) is 3.79. The normalized spacial score (nSPS) is 15.4. The van der Waals surface area contributed by atoms with Crippen molar-refractivity contribution < 1.29 is 14.3 Å². The van der Waals surface area contributed by atoms with Crippen LogP contribution >= 0.6 is 59.6 Å². The number of carbonyl (C=O) groups is 2. The van der Waals surface area contributed by atoms with Crippen molar-refractivity contribution in [3.05, 3.63) is 78.5 Å². The number of amides is 2. The summed E-state index contributed by atoms with van der Waals surface area (Å²) in [5, 5.41) is -0.275. The number of halogens is 3. The topological polar surface area (TPSA) is 46.6 Å². The third-order valence-corrected chi connectivity index (χ3v) is 6.41. The minimum Gasteiger partial charge on any atom is -0.487 e. The van der Waals surface area contributed by atoms with E-state index < -0.39 is 0 Å².